The SMILES string of the molecule is CC(O)C1CCN(C(=NCCCN2CCOCC2)NCCc2ccco2)C1. The van der Waals surface area contributed by atoms with Crippen LogP contribution in [0.3, 0.4) is 0 Å². The summed E-state index contributed by atoms with van der Waals surface area (Å²) in [6.45, 7) is 10.1. The molecular formula is C20H34N4O3. The molecule has 0 saturated carbocycles. The highest BCUT2D eigenvalue weighted by molar-refractivity contribution is 5.80. The summed E-state index contributed by atoms with van der Waals surface area (Å²) >= 11 is 0. The Hall–Kier alpha value is -1.57. The zero-order chi connectivity index (χ0) is 18.9. The van der Waals surface area contributed by atoms with Gasteiger partial charge < -0.3 is 24.5 Å². The molecule has 3 heterocycles. The fourth-order valence-electron chi connectivity index (χ4n) is 3.70. The number of furan rings is 1. The number of hydrogen-bond acceptors (Lipinski definition) is 5. The molecule has 0 radical (unpaired) electrons. The molecular weight excluding hydrogens is 344 g/mol. The van der Waals surface area contributed by atoms with Gasteiger partial charge in [0.2, 0.25) is 0 Å². The highest BCUT2D eigenvalue weighted by atomic mass is 16.5. The van der Waals surface area contributed by atoms with Gasteiger partial charge in [0, 0.05) is 58.2 Å². The number of aliphatic hydroxyl groups excluding tert-OH is 1. The standard InChI is InChI=1S/C20H34N4O3/c1-17(25)18-6-10-24(16-18)20(22-8-5-19-4-2-13-27-19)21-7-3-9-23-11-14-26-15-12-23/h2,4,13,17-18,25H,3,5-12,14-16H2,1H3,(H,21,22). The molecule has 2 fully saturated rings. The van der Waals surface area contributed by atoms with Gasteiger partial charge in [0.05, 0.1) is 25.6 Å². The Morgan fingerprint density at radius 3 is 2.93 bits per heavy atom. The fourth-order valence-corrected chi connectivity index (χ4v) is 3.70. The number of guanidine groups is 1. The minimum absolute atomic E-state index is 0.263. The van der Waals surface area contributed by atoms with Gasteiger partial charge in [-0.25, -0.2) is 0 Å². The summed E-state index contributed by atoms with van der Waals surface area (Å²) < 4.78 is 10.8. The number of likely N-dealkylation sites (tertiary alicyclic amines) is 1. The first kappa shape index (κ1) is 20.2. The molecule has 0 bridgehead atoms. The number of morpholine rings is 1. The third-order valence-electron chi connectivity index (χ3n) is 5.44. The lowest BCUT2D eigenvalue weighted by atomic mass is 10.0. The van der Waals surface area contributed by atoms with Crippen molar-refractivity contribution in [1.82, 2.24) is 15.1 Å². The monoisotopic (exact) mass is 378 g/mol. The van der Waals surface area contributed by atoms with E-state index in [1.165, 1.54) is 0 Å². The van der Waals surface area contributed by atoms with Gasteiger partial charge in [0.25, 0.3) is 0 Å². The molecule has 7 nitrogen and oxygen atoms in total. The second kappa shape index (κ2) is 10.7. The Balaban J connectivity index is 1.48. The molecule has 1 aromatic heterocycles. The van der Waals surface area contributed by atoms with E-state index in [1.54, 1.807) is 6.26 Å². The van der Waals surface area contributed by atoms with Crippen molar-refractivity contribution < 1.29 is 14.3 Å². The number of aliphatic hydroxyl groups is 1. The summed E-state index contributed by atoms with van der Waals surface area (Å²) in [7, 11) is 0. The van der Waals surface area contributed by atoms with E-state index in [2.05, 4.69) is 15.1 Å². The van der Waals surface area contributed by atoms with Crippen LogP contribution in [0.25, 0.3) is 0 Å². The highest BCUT2D eigenvalue weighted by Crippen LogP contribution is 2.19. The van der Waals surface area contributed by atoms with Crippen LogP contribution in [0.1, 0.15) is 25.5 Å². The second-order valence-electron chi connectivity index (χ2n) is 7.50. The Bertz CT molecular complexity index is 556. The molecule has 0 aliphatic carbocycles. The molecule has 1 aromatic rings. The van der Waals surface area contributed by atoms with Crippen LogP contribution < -0.4 is 5.32 Å². The van der Waals surface area contributed by atoms with Crippen LogP contribution in [0.5, 0.6) is 0 Å². The van der Waals surface area contributed by atoms with E-state index in [4.69, 9.17) is 14.1 Å². The lowest BCUT2D eigenvalue weighted by Crippen LogP contribution is -2.42. The van der Waals surface area contributed by atoms with Crippen molar-refractivity contribution in [3.8, 4) is 0 Å². The summed E-state index contributed by atoms with van der Waals surface area (Å²) in [5.74, 6) is 2.28. The van der Waals surface area contributed by atoms with E-state index < -0.39 is 0 Å². The van der Waals surface area contributed by atoms with Crippen molar-refractivity contribution in [3.05, 3.63) is 24.2 Å². The van der Waals surface area contributed by atoms with Crippen LogP contribution in [-0.2, 0) is 11.2 Å². The van der Waals surface area contributed by atoms with Gasteiger partial charge in [-0.1, -0.05) is 0 Å². The first-order chi connectivity index (χ1) is 13.2. The van der Waals surface area contributed by atoms with Crippen molar-refractivity contribution >= 4 is 5.96 Å². The van der Waals surface area contributed by atoms with Gasteiger partial charge in [-0.3, -0.25) is 9.89 Å². The zero-order valence-corrected chi connectivity index (χ0v) is 16.5. The Kier molecular flexibility index (Phi) is 7.98. The lowest BCUT2D eigenvalue weighted by Gasteiger charge is -2.26. The second-order valence-corrected chi connectivity index (χ2v) is 7.50. The van der Waals surface area contributed by atoms with Crippen LogP contribution in [-0.4, -0.2) is 86.0 Å². The van der Waals surface area contributed by atoms with E-state index in [0.29, 0.717) is 5.92 Å². The maximum absolute atomic E-state index is 9.90. The molecule has 3 rings (SSSR count). The zero-order valence-electron chi connectivity index (χ0n) is 16.5. The average molecular weight is 379 g/mol. The molecule has 0 aromatic carbocycles. The number of ether oxygens (including phenoxy) is 1. The van der Waals surface area contributed by atoms with Crippen LogP contribution in [0, 0.1) is 5.92 Å². The average Bonchev–Trinajstić information content (AvgIpc) is 3.36. The van der Waals surface area contributed by atoms with Gasteiger partial charge >= 0.3 is 0 Å². The van der Waals surface area contributed by atoms with E-state index in [1.807, 2.05) is 19.1 Å². The smallest absolute Gasteiger partial charge is 0.193 e. The van der Waals surface area contributed by atoms with Crippen LogP contribution >= 0.6 is 0 Å². The third-order valence-corrected chi connectivity index (χ3v) is 5.44. The van der Waals surface area contributed by atoms with Crippen LogP contribution in [0.15, 0.2) is 27.8 Å². The molecule has 0 amide bonds. The molecule has 2 unspecified atom stereocenters. The summed E-state index contributed by atoms with van der Waals surface area (Å²) in [5, 5.41) is 13.4. The predicted octanol–water partition coefficient (Wildman–Crippen LogP) is 1.19. The number of aliphatic imine (C=N–C) groups is 1. The number of hydrogen-bond donors (Lipinski definition) is 2. The molecule has 2 atom stereocenters. The molecule has 152 valence electrons. The van der Waals surface area contributed by atoms with Gasteiger partial charge in [-0.15, -0.1) is 0 Å². The normalized spacial score (nSPS) is 23.0. The maximum atomic E-state index is 9.90. The largest absolute Gasteiger partial charge is 0.469 e. The van der Waals surface area contributed by atoms with E-state index in [9.17, 15) is 5.11 Å². The molecule has 2 aliphatic rings. The summed E-state index contributed by atoms with van der Waals surface area (Å²) in [6.07, 6.45) is 4.36. The highest BCUT2D eigenvalue weighted by Gasteiger charge is 2.27. The van der Waals surface area contributed by atoms with Crippen LogP contribution in [0.2, 0.25) is 0 Å². The quantitative estimate of drug-likeness (QED) is 0.402. The summed E-state index contributed by atoms with van der Waals surface area (Å²) in [5.41, 5.74) is 0. The Morgan fingerprint density at radius 2 is 2.22 bits per heavy atom. The minimum atomic E-state index is -0.263. The van der Waals surface area contributed by atoms with Crippen LogP contribution in [0.4, 0.5) is 0 Å². The Labute approximate surface area is 162 Å². The number of rotatable bonds is 8. The fraction of sp³-hybridized carbons (Fsp3) is 0.750. The third kappa shape index (κ3) is 6.52. The number of nitrogens with zero attached hydrogens (tertiary/aromatic N) is 3. The van der Waals surface area contributed by atoms with Gasteiger partial charge in [0.15, 0.2) is 5.96 Å². The molecule has 2 saturated heterocycles. The maximum Gasteiger partial charge on any atom is 0.193 e. The first-order valence-corrected chi connectivity index (χ1v) is 10.3. The molecule has 2 aliphatic heterocycles. The van der Waals surface area contributed by atoms with Crippen molar-refractivity contribution in [3.63, 3.8) is 0 Å². The molecule has 2 N–H and O–H groups in total. The molecule has 27 heavy (non-hydrogen) atoms. The summed E-state index contributed by atoms with van der Waals surface area (Å²) in [4.78, 5) is 9.60. The lowest BCUT2D eigenvalue weighted by molar-refractivity contribution is 0.0377. The van der Waals surface area contributed by atoms with E-state index in [0.717, 1.165) is 90.0 Å². The number of nitrogens with one attached hydrogen (secondary N) is 1. The van der Waals surface area contributed by atoms with Gasteiger partial charge in [0.1, 0.15) is 5.76 Å². The van der Waals surface area contributed by atoms with E-state index in [-0.39, 0.29) is 6.10 Å². The Morgan fingerprint density at radius 1 is 1.37 bits per heavy atom. The predicted molar refractivity (Wildman–Crippen MR) is 106 cm³/mol. The molecule has 0 spiro atoms. The van der Waals surface area contributed by atoms with Crippen molar-refractivity contribution in [1.29, 1.82) is 0 Å². The summed E-state index contributed by atoms with van der Waals surface area (Å²) in [6, 6.07) is 3.92. The van der Waals surface area contributed by atoms with E-state index >= 15 is 0 Å². The van der Waals surface area contributed by atoms with Crippen molar-refractivity contribution in [2.45, 2.75) is 32.3 Å². The van der Waals surface area contributed by atoms with Gasteiger partial charge in [-0.2, -0.15) is 0 Å². The van der Waals surface area contributed by atoms with Gasteiger partial charge in [-0.05, 0) is 31.9 Å². The van der Waals surface area contributed by atoms with Crippen molar-refractivity contribution in [2.24, 2.45) is 10.9 Å². The first-order valence-electron chi connectivity index (χ1n) is 10.3. The molecule has 7 heteroatoms. The van der Waals surface area contributed by atoms with Crippen molar-refractivity contribution in [2.75, 3.05) is 59.0 Å². The topological polar surface area (TPSA) is 73.5 Å². The minimum Gasteiger partial charge on any atom is -0.469 e.